The number of hydrogen-bond donors (Lipinski definition) is 2. The Morgan fingerprint density at radius 1 is 1.04 bits per heavy atom. The Balaban J connectivity index is 3.25. The molecule has 0 unspecified atom stereocenters. The van der Waals surface area contributed by atoms with Gasteiger partial charge in [0.2, 0.25) is 5.91 Å². The Kier molecular flexibility index (Phi) is 5.51. The van der Waals surface area contributed by atoms with Crippen molar-refractivity contribution < 1.29 is 41.0 Å². The summed E-state index contributed by atoms with van der Waals surface area (Å²) in [5.74, 6) is -2.44. The van der Waals surface area contributed by atoms with E-state index in [0.717, 1.165) is 0 Å². The SMILES string of the molecule is O=C(O)CCC(=O)Nc1cc(C(F)(F)F)cc(C(F)(F)F)c1Cl. The highest BCUT2D eigenvalue weighted by molar-refractivity contribution is 6.34. The largest absolute Gasteiger partial charge is 0.481 e. The van der Waals surface area contributed by atoms with Gasteiger partial charge in [-0.1, -0.05) is 11.6 Å². The van der Waals surface area contributed by atoms with Crippen LogP contribution in [0.4, 0.5) is 32.0 Å². The van der Waals surface area contributed by atoms with Crippen molar-refractivity contribution >= 4 is 29.2 Å². The summed E-state index contributed by atoms with van der Waals surface area (Å²) < 4.78 is 76.2. The molecular weight excluding hydrogens is 356 g/mol. The van der Waals surface area contributed by atoms with E-state index in [9.17, 15) is 35.9 Å². The fraction of sp³-hybridized carbons (Fsp3) is 0.333. The van der Waals surface area contributed by atoms with Crippen LogP contribution in [0.2, 0.25) is 5.02 Å². The van der Waals surface area contributed by atoms with Gasteiger partial charge in [-0.05, 0) is 12.1 Å². The molecule has 0 radical (unpaired) electrons. The second-order valence-corrected chi connectivity index (χ2v) is 4.70. The maximum Gasteiger partial charge on any atom is 0.417 e. The summed E-state index contributed by atoms with van der Waals surface area (Å²) >= 11 is 5.40. The number of anilines is 1. The summed E-state index contributed by atoms with van der Waals surface area (Å²) in [5.41, 5.74) is -4.31. The minimum atomic E-state index is -5.17. The maximum absolute atomic E-state index is 12.7. The second kappa shape index (κ2) is 6.65. The first-order valence-corrected chi connectivity index (χ1v) is 6.19. The van der Waals surface area contributed by atoms with Crippen molar-refractivity contribution in [3.8, 4) is 0 Å². The first-order chi connectivity index (χ1) is 10.3. The van der Waals surface area contributed by atoms with Crippen molar-refractivity contribution in [2.24, 2.45) is 0 Å². The Labute approximate surface area is 130 Å². The first-order valence-electron chi connectivity index (χ1n) is 5.82. The molecule has 0 fully saturated rings. The molecule has 0 bridgehead atoms. The molecule has 0 saturated carbocycles. The highest BCUT2D eigenvalue weighted by Crippen LogP contribution is 2.42. The third-order valence-corrected chi connectivity index (χ3v) is 2.95. The van der Waals surface area contributed by atoms with Crippen LogP contribution in [-0.2, 0) is 21.9 Å². The van der Waals surface area contributed by atoms with E-state index in [0.29, 0.717) is 0 Å². The smallest absolute Gasteiger partial charge is 0.417 e. The number of benzene rings is 1. The third kappa shape index (κ3) is 5.31. The van der Waals surface area contributed by atoms with Crippen LogP contribution >= 0.6 is 11.6 Å². The molecule has 0 aliphatic carbocycles. The van der Waals surface area contributed by atoms with Crippen LogP contribution in [0, 0.1) is 0 Å². The maximum atomic E-state index is 12.7. The Bertz CT molecular complexity index is 626. The van der Waals surface area contributed by atoms with Gasteiger partial charge < -0.3 is 10.4 Å². The van der Waals surface area contributed by atoms with Crippen LogP contribution in [0.15, 0.2) is 12.1 Å². The molecule has 0 spiro atoms. The molecule has 0 heterocycles. The number of amides is 1. The number of carboxylic acids is 1. The van der Waals surface area contributed by atoms with Gasteiger partial charge in [-0.25, -0.2) is 0 Å². The molecule has 0 aliphatic rings. The zero-order chi connectivity index (χ0) is 18.0. The van der Waals surface area contributed by atoms with Crippen molar-refractivity contribution in [3.05, 3.63) is 28.3 Å². The number of carbonyl (C=O) groups is 2. The van der Waals surface area contributed by atoms with Gasteiger partial charge in [0.15, 0.2) is 0 Å². The predicted octanol–water partition coefficient (Wildman–Crippen LogP) is 4.18. The summed E-state index contributed by atoms with van der Waals surface area (Å²) in [5, 5.41) is 9.02. The lowest BCUT2D eigenvalue weighted by atomic mass is 10.1. The molecule has 4 nitrogen and oxygen atoms in total. The standard InChI is InChI=1S/C12H8ClF6NO3/c13-10-6(12(17,18)19)3-5(11(14,15)16)4-7(10)20-8(21)1-2-9(22)23/h3-4H,1-2H2,(H,20,21)(H,22,23). The molecule has 1 rings (SSSR count). The van der Waals surface area contributed by atoms with Crippen molar-refractivity contribution in [2.75, 3.05) is 5.32 Å². The summed E-state index contributed by atoms with van der Waals surface area (Å²) in [7, 11) is 0. The number of nitrogens with one attached hydrogen (secondary N) is 1. The lowest BCUT2D eigenvalue weighted by Crippen LogP contribution is -2.17. The molecule has 0 atom stereocenters. The summed E-state index contributed by atoms with van der Waals surface area (Å²) in [6.45, 7) is 0. The number of hydrogen-bond acceptors (Lipinski definition) is 2. The predicted molar refractivity (Wildman–Crippen MR) is 67.0 cm³/mol. The Morgan fingerprint density at radius 2 is 1.61 bits per heavy atom. The quantitative estimate of drug-likeness (QED) is 0.789. The molecule has 0 saturated heterocycles. The number of aliphatic carboxylic acids is 1. The van der Waals surface area contributed by atoms with E-state index in [-0.39, 0.29) is 12.1 Å². The van der Waals surface area contributed by atoms with Crippen LogP contribution in [0.1, 0.15) is 24.0 Å². The van der Waals surface area contributed by atoms with E-state index in [1.807, 2.05) is 0 Å². The topological polar surface area (TPSA) is 66.4 Å². The normalized spacial score (nSPS) is 12.1. The minimum Gasteiger partial charge on any atom is -0.481 e. The third-order valence-electron chi connectivity index (χ3n) is 2.55. The minimum absolute atomic E-state index is 0.171. The fourth-order valence-electron chi connectivity index (χ4n) is 1.52. The van der Waals surface area contributed by atoms with Crippen LogP contribution in [-0.4, -0.2) is 17.0 Å². The van der Waals surface area contributed by atoms with E-state index < -0.39 is 58.9 Å². The van der Waals surface area contributed by atoms with E-state index in [4.69, 9.17) is 16.7 Å². The average molecular weight is 364 g/mol. The van der Waals surface area contributed by atoms with Gasteiger partial charge in [-0.2, -0.15) is 26.3 Å². The number of halogens is 7. The zero-order valence-corrected chi connectivity index (χ0v) is 11.7. The zero-order valence-electron chi connectivity index (χ0n) is 11.0. The van der Waals surface area contributed by atoms with Gasteiger partial charge in [-0.3, -0.25) is 9.59 Å². The van der Waals surface area contributed by atoms with Gasteiger partial charge >= 0.3 is 18.3 Å². The first kappa shape index (κ1) is 19.1. The average Bonchev–Trinajstić information content (AvgIpc) is 2.36. The highest BCUT2D eigenvalue weighted by atomic mass is 35.5. The van der Waals surface area contributed by atoms with Crippen LogP contribution in [0.5, 0.6) is 0 Å². The van der Waals surface area contributed by atoms with Gasteiger partial charge in [0, 0.05) is 6.42 Å². The van der Waals surface area contributed by atoms with Gasteiger partial charge in [0.05, 0.1) is 28.3 Å². The number of alkyl halides is 6. The molecule has 1 amide bonds. The molecule has 128 valence electrons. The van der Waals surface area contributed by atoms with Crippen molar-refractivity contribution in [1.29, 1.82) is 0 Å². The second-order valence-electron chi connectivity index (χ2n) is 4.32. The lowest BCUT2D eigenvalue weighted by Gasteiger charge is -2.17. The van der Waals surface area contributed by atoms with Crippen molar-refractivity contribution in [1.82, 2.24) is 0 Å². The van der Waals surface area contributed by atoms with E-state index in [1.54, 1.807) is 5.32 Å². The van der Waals surface area contributed by atoms with Crippen LogP contribution in [0.25, 0.3) is 0 Å². The van der Waals surface area contributed by atoms with E-state index in [2.05, 4.69) is 0 Å². The van der Waals surface area contributed by atoms with Gasteiger partial charge in [-0.15, -0.1) is 0 Å². The van der Waals surface area contributed by atoms with Crippen LogP contribution < -0.4 is 5.32 Å². The van der Waals surface area contributed by atoms with E-state index in [1.165, 1.54) is 0 Å². The number of carbonyl (C=O) groups excluding carboxylic acids is 1. The van der Waals surface area contributed by atoms with E-state index >= 15 is 0 Å². The molecule has 0 aliphatic heterocycles. The molecule has 2 N–H and O–H groups in total. The fourth-order valence-corrected chi connectivity index (χ4v) is 1.78. The summed E-state index contributed by atoms with van der Waals surface area (Å²) in [6.07, 6.45) is -11.5. The Hall–Kier alpha value is -1.97. The molecular formula is C12H8ClF6NO3. The van der Waals surface area contributed by atoms with Crippen molar-refractivity contribution in [3.63, 3.8) is 0 Å². The highest BCUT2D eigenvalue weighted by Gasteiger charge is 2.39. The Morgan fingerprint density at radius 3 is 2.04 bits per heavy atom. The molecule has 1 aromatic rings. The lowest BCUT2D eigenvalue weighted by molar-refractivity contribution is -0.143. The van der Waals surface area contributed by atoms with Gasteiger partial charge in [0.25, 0.3) is 0 Å². The molecule has 1 aromatic carbocycles. The molecule has 11 heteroatoms. The van der Waals surface area contributed by atoms with Gasteiger partial charge in [0.1, 0.15) is 0 Å². The summed E-state index contributed by atoms with van der Waals surface area (Å²) in [4.78, 5) is 21.7. The summed E-state index contributed by atoms with van der Waals surface area (Å²) in [6, 6.07) is 0.0749. The molecule has 0 aromatic heterocycles. The van der Waals surface area contributed by atoms with Crippen LogP contribution in [0.3, 0.4) is 0 Å². The van der Waals surface area contributed by atoms with Crippen molar-refractivity contribution in [2.45, 2.75) is 25.2 Å². The number of carboxylic acid groups (broad SMARTS) is 1. The monoisotopic (exact) mass is 363 g/mol. The molecule has 23 heavy (non-hydrogen) atoms. The number of rotatable bonds is 4.